The van der Waals surface area contributed by atoms with E-state index in [-0.39, 0.29) is 17.5 Å². The van der Waals surface area contributed by atoms with Crippen molar-refractivity contribution in [1.29, 1.82) is 0 Å². The number of benzene rings is 2. The Hall–Kier alpha value is -1.74. The topological polar surface area (TPSA) is 59.8 Å². The third-order valence-electron chi connectivity index (χ3n) is 3.87. The van der Waals surface area contributed by atoms with E-state index in [1.807, 2.05) is 11.6 Å². The molecule has 3 rings (SSSR count). The first-order chi connectivity index (χ1) is 13.9. The van der Waals surface area contributed by atoms with Crippen molar-refractivity contribution in [3.63, 3.8) is 0 Å². The molecule has 0 saturated carbocycles. The molecule has 29 heavy (non-hydrogen) atoms. The molecule has 0 bridgehead atoms. The number of aromatic nitrogens is 3. The Balaban J connectivity index is 1.49. The highest BCUT2D eigenvalue weighted by atomic mass is 35.5. The van der Waals surface area contributed by atoms with Gasteiger partial charge in [-0.1, -0.05) is 47.1 Å². The van der Waals surface area contributed by atoms with E-state index in [1.165, 1.54) is 23.9 Å². The van der Waals surface area contributed by atoms with Crippen LogP contribution in [0.1, 0.15) is 11.4 Å². The summed E-state index contributed by atoms with van der Waals surface area (Å²) in [4.78, 5) is 12.2. The molecule has 10 heteroatoms. The summed E-state index contributed by atoms with van der Waals surface area (Å²) in [6.45, 7) is 0. The van der Waals surface area contributed by atoms with E-state index < -0.39 is 0 Å². The van der Waals surface area contributed by atoms with E-state index in [0.29, 0.717) is 26.6 Å². The Morgan fingerprint density at radius 2 is 1.90 bits per heavy atom. The van der Waals surface area contributed by atoms with E-state index in [4.69, 9.17) is 23.2 Å². The van der Waals surface area contributed by atoms with Gasteiger partial charge in [0.05, 0.1) is 22.2 Å². The van der Waals surface area contributed by atoms with Gasteiger partial charge in [0.2, 0.25) is 5.91 Å². The Labute approximate surface area is 186 Å². The normalized spacial score (nSPS) is 10.9. The summed E-state index contributed by atoms with van der Waals surface area (Å²) >= 11 is 14.9. The minimum atomic E-state index is -0.240. The number of amides is 1. The van der Waals surface area contributed by atoms with Crippen LogP contribution in [0.2, 0.25) is 10.0 Å². The summed E-state index contributed by atoms with van der Waals surface area (Å²) in [6, 6.07) is 11.3. The first-order valence-electron chi connectivity index (χ1n) is 8.50. The second-order valence-electron chi connectivity index (χ2n) is 6.04. The number of carbonyl (C=O) groups excluding carboxylic acids is 1. The highest BCUT2D eigenvalue weighted by Gasteiger charge is 2.13. The average Bonchev–Trinajstić information content (AvgIpc) is 3.04. The lowest BCUT2D eigenvalue weighted by atomic mass is 10.2. The molecule has 1 amide bonds. The van der Waals surface area contributed by atoms with Gasteiger partial charge in [0.25, 0.3) is 0 Å². The molecule has 1 heterocycles. The van der Waals surface area contributed by atoms with Crippen LogP contribution in [0.4, 0.5) is 10.1 Å². The summed E-state index contributed by atoms with van der Waals surface area (Å²) in [7, 11) is 1.86. The summed E-state index contributed by atoms with van der Waals surface area (Å²) in [5, 5.41) is 12.6. The number of hydrogen-bond donors (Lipinski definition) is 1. The highest BCUT2D eigenvalue weighted by molar-refractivity contribution is 7.99. The molecule has 0 atom stereocenters. The molecule has 152 valence electrons. The fraction of sp³-hybridized carbons (Fsp3) is 0.211. The van der Waals surface area contributed by atoms with Gasteiger partial charge in [-0.15, -0.1) is 22.0 Å². The van der Waals surface area contributed by atoms with Crippen molar-refractivity contribution in [1.82, 2.24) is 14.8 Å². The van der Waals surface area contributed by atoms with Gasteiger partial charge in [-0.05, 0) is 35.9 Å². The minimum Gasteiger partial charge on any atom is -0.324 e. The molecule has 3 aromatic rings. The summed E-state index contributed by atoms with van der Waals surface area (Å²) in [5.41, 5.74) is 1.52. The van der Waals surface area contributed by atoms with Crippen LogP contribution in [0, 0.1) is 5.82 Å². The molecule has 2 aromatic carbocycles. The number of nitrogens with one attached hydrogen (secondary N) is 1. The van der Waals surface area contributed by atoms with Gasteiger partial charge in [0.15, 0.2) is 5.16 Å². The Bertz CT molecular complexity index is 998. The predicted octanol–water partition coefficient (Wildman–Crippen LogP) is 5.43. The van der Waals surface area contributed by atoms with E-state index >= 15 is 0 Å². The molecule has 0 aliphatic heterocycles. The number of nitrogens with zero attached hydrogens (tertiary/aromatic N) is 3. The molecular weight excluding hydrogens is 454 g/mol. The van der Waals surface area contributed by atoms with Crippen molar-refractivity contribution in [2.75, 3.05) is 11.1 Å². The smallest absolute Gasteiger partial charge is 0.234 e. The fourth-order valence-corrected chi connectivity index (χ4v) is 4.38. The van der Waals surface area contributed by atoms with Gasteiger partial charge in [-0.25, -0.2) is 4.39 Å². The zero-order valence-electron chi connectivity index (χ0n) is 15.4. The number of halogens is 3. The van der Waals surface area contributed by atoms with Crippen LogP contribution in [0.5, 0.6) is 0 Å². The monoisotopic (exact) mass is 470 g/mol. The van der Waals surface area contributed by atoms with Crippen molar-refractivity contribution in [3.8, 4) is 0 Å². The molecule has 0 unspecified atom stereocenters. The molecule has 0 spiro atoms. The van der Waals surface area contributed by atoms with Crippen LogP contribution >= 0.6 is 46.7 Å². The van der Waals surface area contributed by atoms with Crippen LogP contribution in [-0.2, 0) is 23.3 Å². The Morgan fingerprint density at radius 3 is 2.66 bits per heavy atom. The molecule has 0 aliphatic carbocycles. The summed E-state index contributed by atoms with van der Waals surface area (Å²) in [6.07, 6.45) is 0. The zero-order chi connectivity index (χ0) is 20.8. The van der Waals surface area contributed by atoms with Crippen molar-refractivity contribution in [2.45, 2.75) is 16.7 Å². The van der Waals surface area contributed by atoms with E-state index in [9.17, 15) is 9.18 Å². The van der Waals surface area contributed by atoms with Crippen LogP contribution in [0.25, 0.3) is 0 Å². The largest absolute Gasteiger partial charge is 0.324 e. The van der Waals surface area contributed by atoms with Gasteiger partial charge in [-0.2, -0.15) is 0 Å². The molecule has 5 nitrogen and oxygen atoms in total. The van der Waals surface area contributed by atoms with Crippen LogP contribution in [-0.4, -0.2) is 26.4 Å². The van der Waals surface area contributed by atoms with Crippen LogP contribution in [0.15, 0.2) is 47.6 Å². The van der Waals surface area contributed by atoms with Gasteiger partial charge in [-0.3, -0.25) is 4.79 Å². The van der Waals surface area contributed by atoms with Gasteiger partial charge < -0.3 is 9.88 Å². The minimum absolute atomic E-state index is 0.164. The van der Waals surface area contributed by atoms with Crippen LogP contribution in [0.3, 0.4) is 0 Å². The average molecular weight is 471 g/mol. The molecule has 1 aromatic heterocycles. The molecular formula is C19H17Cl2FN4OS2. The van der Waals surface area contributed by atoms with Gasteiger partial charge >= 0.3 is 0 Å². The molecule has 0 radical (unpaired) electrons. The fourth-order valence-electron chi connectivity index (χ4n) is 2.35. The zero-order valence-corrected chi connectivity index (χ0v) is 18.5. The standard InChI is InChI=1S/C19H17Cl2FN4OS2/c1-26-17(10-28-9-12-2-5-14(22)6-3-12)24-25-19(26)29-11-18(27)23-16-8-13(20)4-7-15(16)21/h2-8H,9-11H2,1H3,(H,23,27). The molecule has 0 saturated heterocycles. The van der Waals surface area contributed by atoms with E-state index in [0.717, 1.165) is 17.1 Å². The SMILES string of the molecule is Cn1c(CSCc2ccc(F)cc2)nnc1SCC(=O)Nc1cc(Cl)ccc1Cl. The number of rotatable bonds is 8. The lowest BCUT2D eigenvalue weighted by molar-refractivity contribution is -0.113. The second-order valence-corrected chi connectivity index (χ2v) is 8.81. The summed E-state index contributed by atoms with van der Waals surface area (Å²) in [5.74, 6) is 1.92. The van der Waals surface area contributed by atoms with Gasteiger partial charge in [0, 0.05) is 17.8 Å². The van der Waals surface area contributed by atoms with Crippen molar-refractivity contribution in [3.05, 3.63) is 69.7 Å². The third-order valence-corrected chi connectivity index (χ3v) is 6.46. The maximum absolute atomic E-state index is 12.9. The number of thioether (sulfide) groups is 2. The highest BCUT2D eigenvalue weighted by Crippen LogP contribution is 2.26. The number of anilines is 1. The Morgan fingerprint density at radius 1 is 1.14 bits per heavy atom. The van der Waals surface area contributed by atoms with Crippen molar-refractivity contribution in [2.24, 2.45) is 7.05 Å². The second kappa shape index (κ2) is 10.3. The predicted molar refractivity (Wildman–Crippen MR) is 118 cm³/mol. The maximum Gasteiger partial charge on any atom is 0.234 e. The quantitative estimate of drug-likeness (QED) is 0.445. The lowest BCUT2D eigenvalue weighted by Gasteiger charge is -2.07. The first kappa shape index (κ1) is 22.0. The van der Waals surface area contributed by atoms with Gasteiger partial charge in [0.1, 0.15) is 11.6 Å². The number of hydrogen-bond acceptors (Lipinski definition) is 5. The molecule has 1 N–H and O–H groups in total. The van der Waals surface area contributed by atoms with Crippen LogP contribution < -0.4 is 5.32 Å². The lowest BCUT2D eigenvalue weighted by Crippen LogP contribution is -2.14. The van der Waals surface area contributed by atoms with E-state index in [2.05, 4.69) is 15.5 Å². The Kier molecular flexibility index (Phi) is 7.83. The summed E-state index contributed by atoms with van der Waals surface area (Å²) < 4.78 is 14.8. The molecule has 0 aliphatic rings. The first-order valence-corrected chi connectivity index (χ1v) is 11.4. The molecule has 0 fully saturated rings. The van der Waals surface area contributed by atoms with Crippen molar-refractivity contribution >= 4 is 58.3 Å². The van der Waals surface area contributed by atoms with Crippen molar-refractivity contribution < 1.29 is 9.18 Å². The van der Waals surface area contributed by atoms with E-state index in [1.54, 1.807) is 42.1 Å². The number of carbonyl (C=O) groups is 1. The third kappa shape index (κ3) is 6.37. The maximum atomic E-state index is 12.9.